The third-order valence-electron chi connectivity index (χ3n) is 4.04. The van der Waals surface area contributed by atoms with Gasteiger partial charge in [0.25, 0.3) is 0 Å². The standard InChI is InChI=1S/C20H29N3O2.ClH/c1-16(2)23(20(24)21-11-12-22(3)4)13-14-25-19-10-9-17-7-5-6-8-18(17)15-19;/h5-10,15-16H,11-14H2,1-4H3,(H,21,24);1H. The van der Waals surface area contributed by atoms with Crippen LogP contribution < -0.4 is 10.1 Å². The first-order valence-electron chi connectivity index (χ1n) is 8.78. The molecule has 0 heterocycles. The number of hydrogen-bond acceptors (Lipinski definition) is 3. The molecule has 1 N–H and O–H groups in total. The molecule has 0 unspecified atom stereocenters. The Bertz CT molecular complexity index is 692. The van der Waals surface area contributed by atoms with Crippen LogP contribution in [0.5, 0.6) is 5.75 Å². The van der Waals surface area contributed by atoms with Gasteiger partial charge in [0.1, 0.15) is 12.4 Å². The lowest BCUT2D eigenvalue weighted by Gasteiger charge is -2.27. The smallest absolute Gasteiger partial charge is 0.317 e. The van der Waals surface area contributed by atoms with Crippen LogP contribution in [0.15, 0.2) is 42.5 Å². The van der Waals surface area contributed by atoms with Crippen molar-refractivity contribution in [3.8, 4) is 5.75 Å². The maximum atomic E-state index is 12.3. The number of rotatable bonds is 8. The Morgan fingerprint density at radius 3 is 2.42 bits per heavy atom. The molecular weight excluding hydrogens is 350 g/mol. The molecular formula is C20H30ClN3O2. The second-order valence-corrected chi connectivity index (χ2v) is 6.68. The first-order valence-corrected chi connectivity index (χ1v) is 8.78. The number of fused-ring (bicyclic) bond motifs is 1. The van der Waals surface area contributed by atoms with Gasteiger partial charge in [-0.2, -0.15) is 0 Å². The third kappa shape index (κ3) is 6.73. The fourth-order valence-electron chi connectivity index (χ4n) is 2.60. The van der Waals surface area contributed by atoms with E-state index >= 15 is 0 Å². The van der Waals surface area contributed by atoms with Gasteiger partial charge in [0.15, 0.2) is 0 Å². The third-order valence-corrected chi connectivity index (χ3v) is 4.04. The summed E-state index contributed by atoms with van der Waals surface area (Å²) in [7, 11) is 3.98. The molecule has 0 spiro atoms. The number of carbonyl (C=O) groups is 1. The summed E-state index contributed by atoms with van der Waals surface area (Å²) in [5, 5.41) is 5.31. The van der Waals surface area contributed by atoms with E-state index in [9.17, 15) is 4.79 Å². The van der Waals surface area contributed by atoms with E-state index in [-0.39, 0.29) is 24.5 Å². The van der Waals surface area contributed by atoms with Crippen molar-refractivity contribution in [3.63, 3.8) is 0 Å². The molecule has 0 aromatic heterocycles. The second kappa shape index (κ2) is 10.9. The zero-order valence-corrected chi connectivity index (χ0v) is 16.9. The van der Waals surface area contributed by atoms with Gasteiger partial charge in [0.2, 0.25) is 0 Å². The molecule has 0 aliphatic rings. The number of benzene rings is 2. The average Bonchev–Trinajstić information content (AvgIpc) is 2.57. The Kier molecular flexibility index (Phi) is 9.24. The van der Waals surface area contributed by atoms with Crippen LogP contribution in [-0.2, 0) is 0 Å². The highest BCUT2D eigenvalue weighted by atomic mass is 35.5. The van der Waals surface area contributed by atoms with Crippen LogP contribution in [0, 0.1) is 0 Å². The second-order valence-electron chi connectivity index (χ2n) is 6.68. The van der Waals surface area contributed by atoms with E-state index in [1.54, 1.807) is 4.90 Å². The summed E-state index contributed by atoms with van der Waals surface area (Å²) in [5.74, 6) is 0.829. The van der Waals surface area contributed by atoms with Crippen molar-refractivity contribution < 1.29 is 9.53 Å². The summed E-state index contributed by atoms with van der Waals surface area (Å²) in [6.07, 6.45) is 0. The van der Waals surface area contributed by atoms with Crippen LogP contribution in [0.1, 0.15) is 13.8 Å². The summed E-state index contributed by atoms with van der Waals surface area (Å²) in [4.78, 5) is 16.2. The Morgan fingerprint density at radius 1 is 1.08 bits per heavy atom. The molecule has 2 aromatic rings. The van der Waals surface area contributed by atoms with Crippen LogP contribution in [0.3, 0.4) is 0 Å². The highest BCUT2D eigenvalue weighted by Crippen LogP contribution is 2.20. The normalized spacial score (nSPS) is 10.7. The lowest BCUT2D eigenvalue weighted by atomic mass is 10.1. The van der Waals surface area contributed by atoms with E-state index in [4.69, 9.17) is 4.74 Å². The van der Waals surface area contributed by atoms with Gasteiger partial charge in [-0.15, -0.1) is 12.4 Å². The number of halogens is 1. The Hall–Kier alpha value is -1.98. The van der Waals surface area contributed by atoms with Crippen molar-refractivity contribution in [2.24, 2.45) is 0 Å². The van der Waals surface area contributed by atoms with E-state index in [2.05, 4.69) is 23.5 Å². The van der Waals surface area contributed by atoms with Crippen LogP contribution >= 0.6 is 12.4 Å². The van der Waals surface area contributed by atoms with Gasteiger partial charge in [0, 0.05) is 19.1 Å². The van der Waals surface area contributed by atoms with Crippen LogP contribution in [0.4, 0.5) is 4.79 Å². The molecule has 2 aromatic carbocycles. The fourth-order valence-corrected chi connectivity index (χ4v) is 2.60. The van der Waals surface area contributed by atoms with Crippen molar-refractivity contribution in [2.75, 3.05) is 40.3 Å². The van der Waals surface area contributed by atoms with E-state index in [1.165, 1.54) is 5.39 Å². The summed E-state index contributed by atoms with van der Waals surface area (Å²) in [6.45, 7) is 6.52. The number of nitrogens with zero attached hydrogens (tertiary/aromatic N) is 2. The maximum Gasteiger partial charge on any atom is 0.317 e. The van der Waals surface area contributed by atoms with Crippen molar-refractivity contribution in [3.05, 3.63) is 42.5 Å². The number of amides is 2. The quantitative estimate of drug-likeness (QED) is 0.761. The molecule has 0 radical (unpaired) electrons. The van der Waals surface area contributed by atoms with E-state index in [0.717, 1.165) is 17.7 Å². The predicted octanol–water partition coefficient (Wildman–Crippen LogP) is 3.62. The van der Waals surface area contributed by atoms with Gasteiger partial charge in [-0.1, -0.05) is 30.3 Å². The lowest BCUT2D eigenvalue weighted by molar-refractivity contribution is 0.165. The molecule has 2 amide bonds. The molecule has 5 nitrogen and oxygen atoms in total. The van der Waals surface area contributed by atoms with Crippen molar-refractivity contribution >= 4 is 29.2 Å². The first kappa shape index (κ1) is 22.1. The molecule has 144 valence electrons. The molecule has 2 rings (SSSR count). The number of ether oxygens (including phenoxy) is 1. The van der Waals surface area contributed by atoms with E-state index in [0.29, 0.717) is 19.7 Å². The molecule has 0 saturated heterocycles. The molecule has 0 saturated carbocycles. The highest BCUT2D eigenvalue weighted by Gasteiger charge is 2.16. The average molecular weight is 380 g/mol. The Balaban J connectivity index is 0.00000338. The number of urea groups is 1. The Labute approximate surface area is 162 Å². The largest absolute Gasteiger partial charge is 0.492 e. The number of likely N-dealkylation sites (N-methyl/N-ethyl adjacent to an activating group) is 1. The molecule has 0 aliphatic carbocycles. The topological polar surface area (TPSA) is 44.8 Å². The van der Waals surface area contributed by atoms with Gasteiger partial charge in [-0.25, -0.2) is 4.79 Å². The number of nitrogens with one attached hydrogen (secondary N) is 1. The van der Waals surface area contributed by atoms with Crippen molar-refractivity contribution in [1.82, 2.24) is 15.1 Å². The van der Waals surface area contributed by atoms with Crippen LogP contribution in [-0.4, -0.2) is 62.2 Å². The van der Waals surface area contributed by atoms with Gasteiger partial charge in [-0.3, -0.25) is 0 Å². The number of hydrogen-bond donors (Lipinski definition) is 1. The zero-order chi connectivity index (χ0) is 18.2. The minimum atomic E-state index is -0.0426. The SMILES string of the molecule is CC(C)N(CCOc1ccc2ccccc2c1)C(=O)NCCN(C)C.Cl. The molecule has 26 heavy (non-hydrogen) atoms. The fraction of sp³-hybridized carbons (Fsp3) is 0.450. The maximum absolute atomic E-state index is 12.3. The van der Waals surface area contributed by atoms with Crippen molar-refractivity contribution in [2.45, 2.75) is 19.9 Å². The van der Waals surface area contributed by atoms with Gasteiger partial charge < -0.3 is 19.9 Å². The molecule has 0 atom stereocenters. The summed E-state index contributed by atoms with van der Waals surface area (Å²) in [6, 6.07) is 14.3. The summed E-state index contributed by atoms with van der Waals surface area (Å²) < 4.78 is 5.86. The molecule has 6 heteroatoms. The van der Waals surface area contributed by atoms with Gasteiger partial charge in [0.05, 0.1) is 6.54 Å². The van der Waals surface area contributed by atoms with E-state index < -0.39 is 0 Å². The Morgan fingerprint density at radius 2 is 1.77 bits per heavy atom. The molecule has 0 fully saturated rings. The van der Waals surface area contributed by atoms with Crippen LogP contribution in [0.25, 0.3) is 10.8 Å². The molecule has 0 bridgehead atoms. The van der Waals surface area contributed by atoms with Crippen LogP contribution in [0.2, 0.25) is 0 Å². The highest BCUT2D eigenvalue weighted by molar-refractivity contribution is 5.85. The minimum absolute atomic E-state index is 0. The van der Waals surface area contributed by atoms with E-state index in [1.807, 2.05) is 57.1 Å². The monoisotopic (exact) mass is 379 g/mol. The zero-order valence-electron chi connectivity index (χ0n) is 16.1. The van der Waals surface area contributed by atoms with Gasteiger partial charge in [-0.05, 0) is 50.8 Å². The van der Waals surface area contributed by atoms with Gasteiger partial charge >= 0.3 is 6.03 Å². The minimum Gasteiger partial charge on any atom is -0.492 e. The predicted molar refractivity (Wildman–Crippen MR) is 110 cm³/mol. The summed E-state index contributed by atoms with van der Waals surface area (Å²) in [5.41, 5.74) is 0. The summed E-state index contributed by atoms with van der Waals surface area (Å²) >= 11 is 0. The molecule has 0 aliphatic heterocycles. The van der Waals surface area contributed by atoms with Crippen molar-refractivity contribution in [1.29, 1.82) is 0 Å². The lowest BCUT2D eigenvalue weighted by Crippen LogP contribution is -2.47. The number of carbonyl (C=O) groups excluding carboxylic acids is 1. The first-order chi connectivity index (χ1) is 12.0.